The molecule has 0 spiro atoms. The number of rotatable bonds is 3. The Labute approximate surface area is 110 Å². The fourth-order valence-corrected chi connectivity index (χ4v) is 2.51. The van der Waals surface area contributed by atoms with Gasteiger partial charge < -0.3 is 5.73 Å². The third kappa shape index (κ3) is 2.61. The van der Waals surface area contributed by atoms with Gasteiger partial charge >= 0.3 is 0 Å². The maximum atomic E-state index is 7.03. The monoisotopic (exact) mass is 245 g/mol. The van der Waals surface area contributed by atoms with Gasteiger partial charge in [0.1, 0.15) is 12.2 Å². The molecule has 1 aromatic rings. The summed E-state index contributed by atoms with van der Waals surface area (Å²) < 4.78 is 0. The lowest BCUT2D eigenvalue weighted by Crippen LogP contribution is -2.37. The van der Waals surface area contributed by atoms with Gasteiger partial charge in [-0.05, 0) is 30.4 Å². The number of nitrogens with two attached hydrogens (primary N) is 1. The third-order valence-corrected chi connectivity index (χ3v) is 3.60. The van der Waals surface area contributed by atoms with E-state index in [0.29, 0.717) is 5.84 Å². The zero-order chi connectivity index (χ0) is 13.6. The summed E-state index contributed by atoms with van der Waals surface area (Å²) in [7, 11) is 0. The smallest absolute Gasteiger partial charge is 0.109 e. The summed E-state index contributed by atoms with van der Waals surface area (Å²) in [5.74, 6) is 0.598. The number of hydrogen-bond acceptors (Lipinski definition) is 1. The molecule has 3 heteroatoms. The lowest BCUT2D eigenvalue weighted by Gasteiger charge is -2.26. The predicted octanol–water partition coefficient (Wildman–Crippen LogP) is 3.17. The Bertz CT molecular complexity index is 410. The summed E-state index contributed by atoms with van der Waals surface area (Å²) in [6, 6.07) is 8.44. The van der Waals surface area contributed by atoms with Crippen molar-refractivity contribution in [1.82, 2.24) is 0 Å². The summed E-state index contributed by atoms with van der Waals surface area (Å²) in [4.78, 5) is 3.97. The molecule has 2 rings (SSSR count). The molecule has 3 N–H and O–H groups in total. The van der Waals surface area contributed by atoms with Gasteiger partial charge in [-0.3, -0.25) is 5.41 Å². The van der Waals surface area contributed by atoms with Crippen LogP contribution in [0.25, 0.3) is 0 Å². The maximum Gasteiger partial charge on any atom is 0.109 e. The van der Waals surface area contributed by atoms with E-state index in [0.717, 1.165) is 25.6 Å². The molecule has 18 heavy (non-hydrogen) atoms. The molecule has 1 aliphatic carbocycles. The van der Waals surface area contributed by atoms with E-state index in [4.69, 9.17) is 11.1 Å². The number of amidine groups is 1. The van der Waals surface area contributed by atoms with E-state index in [9.17, 15) is 0 Å². The molecule has 0 radical (unpaired) electrons. The first-order chi connectivity index (χ1) is 8.72. The molecular formula is C15H23N3. The first-order valence-electron chi connectivity index (χ1n) is 6.61. The van der Waals surface area contributed by atoms with Crippen molar-refractivity contribution in [2.75, 3.05) is 0 Å². The average molecular weight is 245 g/mol. The van der Waals surface area contributed by atoms with E-state index in [1.54, 1.807) is 0 Å². The van der Waals surface area contributed by atoms with Gasteiger partial charge in [0, 0.05) is 5.41 Å². The third-order valence-electron chi connectivity index (χ3n) is 3.60. The fourth-order valence-electron chi connectivity index (χ4n) is 2.51. The molecular weight excluding hydrogens is 222 g/mol. The second-order valence-electron chi connectivity index (χ2n) is 4.40. The van der Waals surface area contributed by atoms with Crippen LogP contribution < -0.4 is 5.73 Å². The number of nitrogens with one attached hydrogen (secondary N) is 1. The average Bonchev–Trinajstić information content (AvgIpc) is 2.81. The van der Waals surface area contributed by atoms with Crippen LogP contribution in [0.4, 0.5) is 0 Å². The Morgan fingerprint density at radius 1 is 1.33 bits per heavy atom. The zero-order valence-electron chi connectivity index (χ0n) is 11.5. The van der Waals surface area contributed by atoms with Crippen molar-refractivity contribution in [3.05, 3.63) is 35.4 Å². The molecule has 0 atom stereocenters. The van der Waals surface area contributed by atoms with E-state index in [1.165, 1.54) is 11.1 Å². The van der Waals surface area contributed by atoms with Crippen molar-refractivity contribution < 1.29 is 0 Å². The molecule has 0 unspecified atom stereocenters. The lowest BCUT2D eigenvalue weighted by atomic mass is 9.81. The second-order valence-corrected chi connectivity index (χ2v) is 4.40. The predicted molar refractivity (Wildman–Crippen MR) is 78.3 cm³/mol. The highest BCUT2D eigenvalue weighted by molar-refractivity contribution is 5.92. The van der Waals surface area contributed by atoms with Gasteiger partial charge in [-0.2, -0.15) is 0 Å². The van der Waals surface area contributed by atoms with E-state index in [2.05, 4.69) is 36.2 Å². The van der Waals surface area contributed by atoms with Gasteiger partial charge in [-0.1, -0.05) is 45.0 Å². The number of aliphatic imine (C=N–C) groups is 1. The van der Waals surface area contributed by atoms with Crippen molar-refractivity contribution in [3.63, 3.8) is 0 Å². The quantitative estimate of drug-likeness (QED) is 0.623. The molecule has 0 saturated heterocycles. The molecule has 0 aliphatic heterocycles. The summed E-state index contributed by atoms with van der Waals surface area (Å²) >= 11 is 0. The van der Waals surface area contributed by atoms with Gasteiger partial charge in [0.25, 0.3) is 0 Å². The first kappa shape index (κ1) is 14.4. The highest BCUT2D eigenvalue weighted by Crippen LogP contribution is 2.39. The molecule has 0 amide bonds. The first-order valence-corrected chi connectivity index (χ1v) is 6.61. The van der Waals surface area contributed by atoms with Gasteiger partial charge in [-0.15, -0.1) is 0 Å². The number of benzene rings is 1. The largest absolute Gasteiger partial charge is 0.387 e. The minimum atomic E-state index is -0.0682. The normalized spacial score (nSPS) is 16.5. The van der Waals surface area contributed by atoms with Crippen LogP contribution in [0.1, 0.15) is 38.3 Å². The van der Waals surface area contributed by atoms with Crippen molar-refractivity contribution in [2.24, 2.45) is 16.1 Å². The maximum absolute atomic E-state index is 7.03. The van der Waals surface area contributed by atoms with Crippen LogP contribution in [-0.2, 0) is 12.8 Å². The molecule has 98 valence electrons. The standard InChI is InChI=1S/C13H17N3.C2H6/c1-2-13(12(15)16-9-14)7-10-5-3-4-6-11(10)8-13;1-2/h3-6,9H,2,7-8H2,1H3,(H3,14,15,16);1-2H3. The Morgan fingerprint density at radius 3 is 2.22 bits per heavy atom. The van der Waals surface area contributed by atoms with Crippen LogP contribution in [0.5, 0.6) is 0 Å². The summed E-state index contributed by atoms with van der Waals surface area (Å²) in [6.07, 6.45) is 3.90. The number of hydrogen-bond donors (Lipinski definition) is 2. The molecule has 0 bridgehead atoms. The molecule has 0 fully saturated rings. The molecule has 0 saturated carbocycles. The number of fused-ring (bicyclic) bond motifs is 1. The number of nitrogens with zero attached hydrogens (tertiary/aromatic N) is 1. The highest BCUT2D eigenvalue weighted by atomic mass is 14.9. The Hall–Kier alpha value is -1.64. The fraction of sp³-hybridized carbons (Fsp3) is 0.467. The molecule has 1 aliphatic rings. The highest BCUT2D eigenvalue weighted by Gasteiger charge is 2.38. The lowest BCUT2D eigenvalue weighted by molar-refractivity contribution is 0.425. The van der Waals surface area contributed by atoms with Gasteiger partial charge in [-0.25, -0.2) is 4.99 Å². The molecule has 3 nitrogen and oxygen atoms in total. The van der Waals surface area contributed by atoms with E-state index >= 15 is 0 Å². The van der Waals surface area contributed by atoms with Crippen LogP contribution >= 0.6 is 0 Å². The molecule has 1 aromatic carbocycles. The van der Waals surface area contributed by atoms with E-state index < -0.39 is 0 Å². The Balaban J connectivity index is 0.000000771. The summed E-state index contributed by atoms with van der Waals surface area (Å²) in [5, 5.41) is 7.03. The Kier molecular flexibility index (Phi) is 5.08. The second kappa shape index (κ2) is 6.34. The van der Waals surface area contributed by atoms with Gasteiger partial charge in [0.15, 0.2) is 0 Å². The minimum Gasteiger partial charge on any atom is -0.387 e. The molecule has 0 aromatic heterocycles. The molecule has 0 heterocycles. The topological polar surface area (TPSA) is 62.2 Å². The van der Waals surface area contributed by atoms with Crippen LogP contribution in [-0.4, -0.2) is 12.2 Å². The van der Waals surface area contributed by atoms with Crippen LogP contribution in [0.15, 0.2) is 29.3 Å². The SMILES string of the molecule is CC.CCC1(C(N)=NC=N)Cc2ccccc2C1. The summed E-state index contributed by atoms with van der Waals surface area (Å²) in [6.45, 7) is 6.14. The van der Waals surface area contributed by atoms with Crippen LogP contribution in [0.3, 0.4) is 0 Å². The van der Waals surface area contributed by atoms with Gasteiger partial charge in [0.2, 0.25) is 0 Å². The Morgan fingerprint density at radius 2 is 1.83 bits per heavy atom. The van der Waals surface area contributed by atoms with Crippen molar-refractivity contribution in [3.8, 4) is 0 Å². The summed E-state index contributed by atoms with van der Waals surface area (Å²) in [5.41, 5.74) is 8.68. The van der Waals surface area contributed by atoms with E-state index in [-0.39, 0.29) is 5.41 Å². The van der Waals surface area contributed by atoms with Gasteiger partial charge in [0.05, 0.1) is 0 Å². The van der Waals surface area contributed by atoms with Crippen molar-refractivity contribution >= 4 is 12.2 Å². The minimum absolute atomic E-state index is 0.0682. The van der Waals surface area contributed by atoms with Crippen molar-refractivity contribution in [2.45, 2.75) is 40.0 Å². The van der Waals surface area contributed by atoms with Crippen molar-refractivity contribution in [1.29, 1.82) is 5.41 Å². The zero-order valence-corrected chi connectivity index (χ0v) is 11.5. The van der Waals surface area contributed by atoms with Crippen LogP contribution in [0, 0.1) is 10.8 Å². The van der Waals surface area contributed by atoms with Crippen LogP contribution in [0.2, 0.25) is 0 Å². The van der Waals surface area contributed by atoms with E-state index in [1.807, 2.05) is 13.8 Å².